The fourth-order valence-corrected chi connectivity index (χ4v) is 2.89. The molecule has 0 bridgehead atoms. The zero-order valence-corrected chi connectivity index (χ0v) is 12.3. The van der Waals surface area contributed by atoms with Gasteiger partial charge < -0.3 is 19.6 Å². The summed E-state index contributed by atoms with van der Waals surface area (Å²) in [6.07, 6.45) is 7.31. The summed E-state index contributed by atoms with van der Waals surface area (Å²) in [6.45, 7) is 5.65. The Hall–Kier alpha value is -2.01. The molecule has 2 N–H and O–H groups in total. The molecule has 3 rings (SSSR count). The number of nitrogens with zero attached hydrogens (tertiary/aromatic N) is 1. The molecule has 1 saturated heterocycles. The van der Waals surface area contributed by atoms with Crippen LogP contribution in [0.1, 0.15) is 41.6 Å². The van der Waals surface area contributed by atoms with E-state index in [4.69, 9.17) is 4.42 Å². The fourth-order valence-electron chi connectivity index (χ4n) is 2.89. The first kappa shape index (κ1) is 13.9. The number of furan rings is 1. The summed E-state index contributed by atoms with van der Waals surface area (Å²) in [7, 11) is 0. The number of aromatic amines is 1. The number of aromatic nitrogens is 1. The number of hydrogen-bond acceptors (Lipinski definition) is 3. The van der Waals surface area contributed by atoms with Crippen molar-refractivity contribution in [2.75, 3.05) is 25.0 Å². The second-order valence-corrected chi connectivity index (χ2v) is 5.52. The monoisotopic (exact) mass is 287 g/mol. The Morgan fingerprint density at radius 2 is 2.29 bits per heavy atom. The van der Waals surface area contributed by atoms with Crippen molar-refractivity contribution in [1.29, 1.82) is 0 Å². The fraction of sp³-hybridized carbons (Fsp3) is 0.438. The van der Waals surface area contributed by atoms with Gasteiger partial charge >= 0.3 is 0 Å². The number of anilines is 1. The van der Waals surface area contributed by atoms with Gasteiger partial charge in [-0.2, -0.15) is 0 Å². The standard InChI is InChI=1S/C16H21N3O2/c1-2-19-6-3-12(4-7-19)14-9-15(17-10-14)18-16(20)13-5-8-21-11-13/h5,8-12,17H,2-4,6-7H2,1H3,(H,18,20). The van der Waals surface area contributed by atoms with Crippen molar-refractivity contribution in [3.05, 3.63) is 42.0 Å². The van der Waals surface area contributed by atoms with Crippen molar-refractivity contribution in [3.8, 4) is 0 Å². The molecule has 5 heteroatoms. The molecule has 112 valence electrons. The molecule has 1 amide bonds. The molecule has 0 spiro atoms. The average molecular weight is 287 g/mol. The molecule has 1 aliphatic rings. The molecule has 0 unspecified atom stereocenters. The second kappa shape index (κ2) is 6.18. The molecule has 1 aliphatic heterocycles. The van der Waals surface area contributed by atoms with Crippen molar-refractivity contribution in [2.45, 2.75) is 25.7 Å². The highest BCUT2D eigenvalue weighted by molar-refractivity contribution is 6.03. The summed E-state index contributed by atoms with van der Waals surface area (Å²) in [4.78, 5) is 17.6. The number of hydrogen-bond donors (Lipinski definition) is 2. The molecular formula is C16H21N3O2. The van der Waals surface area contributed by atoms with E-state index in [0.29, 0.717) is 11.5 Å². The SMILES string of the molecule is CCN1CCC(c2c[nH]c(NC(=O)c3ccoc3)c2)CC1. The number of likely N-dealkylation sites (tertiary alicyclic amines) is 1. The number of piperidine rings is 1. The minimum Gasteiger partial charge on any atom is -0.472 e. The van der Waals surface area contributed by atoms with Crippen LogP contribution in [-0.4, -0.2) is 35.4 Å². The third-order valence-corrected chi connectivity index (χ3v) is 4.24. The first-order valence-electron chi connectivity index (χ1n) is 7.50. The molecule has 0 radical (unpaired) electrons. The molecule has 2 aromatic rings. The van der Waals surface area contributed by atoms with E-state index in [1.165, 1.54) is 30.9 Å². The van der Waals surface area contributed by atoms with E-state index in [1.54, 1.807) is 6.07 Å². The molecule has 0 saturated carbocycles. The van der Waals surface area contributed by atoms with Gasteiger partial charge in [-0.25, -0.2) is 0 Å². The number of amides is 1. The summed E-state index contributed by atoms with van der Waals surface area (Å²) in [5.74, 6) is 1.18. The van der Waals surface area contributed by atoms with Crippen LogP contribution in [0.3, 0.4) is 0 Å². The van der Waals surface area contributed by atoms with E-state index in [1.807, 2.05) is 12.3 Å². The summed E-state index contributed by atoms with van der Waals surface area (Å²) in [5, 5.41) is 2.86. The predicted octanol–water partition coefficient (Wildman–Crippen LogP) is 3.06. The van der Waals surface area contributed by atoms with Crippen molar-refractivity contribution in [3.63, 3.8) is 0 Å². The Morgan fingerprint density at radius 1 is 1.48 bits per heavy atom. The van der Waals surface area contributed by atoms with Gasteiger partial charge in [0.15, 0.2) is 0 Å². The smallest absolute Gasteiger partial charge is 0.260 e. The van der Waals surface area contributed by atoms with Crippen LogP contribution >= 0.6 is 0 Å². The van der Waals surface area contributed by atoms with Gasteiger partial charge in [-0.15, -0.1) is 0 Å². The van der Waals surface area contributed by atoms with Crippen LogP contribution in [-0.2, 0) is 0 Å². The lowest BCUT2D eigenvalue weighted by Crippen LogP contribution is -2.32. The third-order valence-electron chi connectivity index (χ3n) is 4.24. The van der Waals surface area contributed by atoms with Gasteiger partial charge in [0.05, 0.1) is 11.8 Å². The Labute approximate surface area is 124 Å². The van der Waals surface area contributed by atoms with Crippen molar-refractivity contribution in [1.82, 2.24) is 9.88 Å². The minimum atomic E-state index is -0.155. The highest BCUT2D eigenvalue weighted by atomic mass is 16.3. The molecule has 1 fully saturated rings. The Balaban J connectivity index is 1.60. The van der Waals surface area contributed by atoms with Gasteiger partial charge in [0, 0.05) is 6.20 Å². The first-order valence-corrected chi connectivity index (χ1v) is 7.50. The summed E-state index contributed by atoms with van der Waals surface area (Å²) >= 11 is 0. The summed E-state index contributed by atoms with van der Waals surface area (Å²) in [5.41, 5.74) is 1.82. The van der Waals surface area contributed by atoms with E-state index in [0.717, 1.165) is 25.5 Å². The molecule has 3 heterocycles. The van der Waals surface area contributed by atoms with Crippen molar-refractivity contribution < 1.29 is 9.21 Å². The van der Waals surface area contributed by atoms with Crippen LogP contribution in [0.15, 0.2) is 35.3 Å². The molecule has 2 aromatic heterocycles. The highest BCUT2D eigenvalue weighted by Crippen LogP contribution is 2.29. The maximum atomic E-state index is 11.9. The zero-order valence-electron chi connectivity index (χ0n) is 12.3. The van der Waals surface area contributed by atoms with Gasteiger partial charge in [0.25, 0.3) is 5.91 Å². The lowest BCUT2D eigenvalue weighted by Gasteiger charge is -2.30. The number of carbonyl (C=O) groups is 1. The number of H-pyrrole nitrogens is 1. The van der Waals surface area contributed by atoms with E-state index >= 15 is 0 Å². The average Bonchev–Trinajstić information content (AvgIpc) is 3.19. The van der Waals surface area contributed by atoms with Crippen LogP contribution in [0.25, 0.3) is 0 Å². The van der Waals surface area contributed by atoms with Crippen molar-refractivity contribution in [2.24, 2.45) is 0 Å². The van der Waals surface area contributed by atoms with E-state index in [9.17, 15) is 4.79 Å². The van der Waals surface area contributed by atoms with Crippen LogP contribution in [0.4, 0.5) is 5.82 Å². The second-order valence-electron chi connectivity index (χ2n) is 5.52. The third kappa shape index (κ3) is 3.19. The number of carbonyl (C=O) groups excluding carboxylic acids is 1. The lowest BCUT2D eigenvalue weighted by molar-refractivity contribution is 0.102. The molecule has 5 nitrogen and oxygen atoms in total. The minimum absolute atomic E-state index is 0.155. The van der Waals surface area contributed by atoms with Gasteiger partial charge in [-0.3, -0.25) is 4.79 Å². The number of rotatable bonds is 4. The van der Waals surface area contributed by atoms with Gasteiger partial charge in [-0.1, -0.05) is 6.92 Å². The highest BCUT2D eigenvalue weighted by Gasteiger charge is 2.20. The van der Waals surface area contributed by atoms with E-state index < -0.39 is 0 Å². The van der Waals surface area contributed by atoms with E-state index in [-0.39, 0.29) is 5.91 Å². The first-order chi connectivity index (χ1) is 10.3. The molecule has 21 heavy (non-hydrogen) atoms. The lowest BCUT2D eigenvalue weighted by atomic mass is 9.91. The van der Waals surface area contributed by atoms with Crippen molar-refractivity contribution >= 4 is 11.7 Å². The summed E-state index contributed by atoms with van der Waals surface area (Å²) < 4.78 is 4.92. The predicted molar refractivity (Wildman–Crippen MR) is 81.5 cm³/mol. The normalized spacial score (nSPS) is 17.0. The van der Waals surface area contributed by atoms with E-state index in [2.05, 4.69) is 22.1 Å². The maximum absolute atomic E-state index is 11.9. The number of nitrogens with one attached hydrogen (secondary N) is 2. The van der Waals surface area contributed by atoms with Gasteiger partial charge in [0.1, 0.15) is 12.1 Å². The Morgan fingerprint density at radius 3 is 2.95 bits per heavy atom. The van der Waals surface area contributed by atoms with Crippen LogP contribution in [0.5, 0.6) is 0 Å². The Bertz CT molecular complexity index is 580. The molecular weight excluding hydrogens is 266 g/mol. The zero-order chi connectivity index (χ0) is 14.7. The van der Waals surface area contributed by atoms with Crippen LogP contribution < -0.4 is 5.32 Å². The quantitative estimate of drug-likeness (QED) is 0.908. The maximum Gasteiger partial charge on any atom is 0.260 e. The van der Waals surface area contributed by atoms with Crippen LogP contribution in [0, 0.1) is 0 Å². The van der Waals surface area contributed by atoms with Crippen LogP contribution in [0.2, 0.25) is 0 Å². The largest absolute Gasteiger partial charge is 0.472 e. The topological polar surface area (TPSA) is 61.3 Å². The Kier molecular flexibility index (Phi) is 4.10. The van der Waals surface area contributed by atoms with Gasteiger partial charge in [-0.05, 0) is 56.1 Å². The summed E-state index contributed by atoms with van der Waals surface area (Å²) in [6, 6.07) is 3.70. The van der Waals surface area contributed by atoms with Gasteiger partial charge in [0.2, 0.25) is 0 Å². The molecule has 0 aromatic carbocycles. The molecule has 0 atom stereocenters. The molecule has 0 aliphatic carbocycles.